The average molecular weight is 284 g/mol. The molecule has 21 heavy (non-hydrogen) atoms. The molecule has 0 bridgehead atoms. The smallest absolute Gasteiger partial charge is 0.231 e. The van der Waals surface area contributed by atoms with Crippen molar-refractivity contribution in [3.63, 3.8) is 0 Å². The number of carbonyl (C=O) groups excluding carboxylic acids is 1. The summed E-state index contributed by atoms with van der Waals surface area (Å²) in [6.45, 7) is 0.105. The van der Waals surface area contributed by atoms with Gasteiger partial charge in [0.15, 0.2) is 23.2 Å². The molecule has 5 nitrogen and oxygen atoms in total. The molecule has 0 aliphatic carbocycles. The second-order valence-electron chi connectivity index (χ2n) is 4.40. The van der Waals surface area contributed by atoms with Crippen LogP contribution in [0.3, 0.4) is 0 Å². The van der Waals surface area contributed by atoms with E-state index in [0.29, 0.717) is 17.1 Å². The Morgan fingerprint density at radius 3 is 2.81 bits per heavy atom. The molecule has 0 N–H and O–H groups in total. The number of rotatable bonds is 3. The third-order valence-electron chi connectivity index (χ3n) is 3.09. The Morgan fingerprint density at radius 2 is 2.10 bits per heavy atom. The van der Waals surface area contributed by atoms with Gasteiger partial charge in [0.1, 0.15) is 5.82 Å². The molecular weight excluding hydrogens is 275 g/mol. The zero-order valence-corrected chi connectivity index (χ0v) is 10.7. The quantitative estimate of drug-likeness (QED) is 0.809. The number of halogens is 1. The fraction of sp³-hybridized carbons (Fsp3) is 0.133. The lowest BCUT2D eigenvalue weighted by Crippen LogP contribution is -2.12. The number of fused-ring (bicyclic) bond motifs is 1. The second kappa shape index (κ2) is 5.21. The van der Waals surface area contributed by atoms with Gasteiger partial charge in [0.05, 0.1) is 18.0 Å². The van der Waals surface area contributed by atoms with Crippen molar-refractivity contribution in [2.24, 2.45) is 0 Å². The monoisotopic (exact) mass is 284 g/mol. The lowest BCUT2D eigenvalue weighted by molar-refractivity contribution is 0.0977. The standard InChI is InChI=1S/C15H9FN2O3/c16-10-2-3-12(18-7-10)11(6-17)15(19)9-1-4-13-14(5-9)21-8-20-13/h1-5,7,11H,8H2. The number of benzene rings is 1. The first kappa shape index (κ1) is 13.1. The first-order valence-corrected chi connectivity index (χ1v) is 6.14. The van der Waals surface area contributed by atoms with E-state index in [1.165, 1.54) is 18.2 Å². The number of pyridine rings is 1. The summed E-state index contributed by atoms with van der Waals surface area (Å²) in [4.78, 5) is 16.2. The molecule has 104 valence electrons. The van der Waals surface area contributed by atoms with Crippen molar-refractivity contribution in [1.29, 1.82) is 5.26 Å². The van der Waals surface area contributed by atoms with Crippen LogP contribution in [-0.4, -0.2) is 17.6 Å². The van der Waals surface area contributed by atoms with Crippen molar-refractivity contribution in [1.82, 2.24) is 4.98 Å². The molecule has 0 radical (unpaired) electrons. The van der Waals surface area contributed by atoms with Gasteiger partial charge in [-0.15, -0.1) is 0 Å². The van der Waals surface area contributed by atoms with Crippen LogP contribution in [-0.2, 0) is 0 Å². The Balaban J connectivity index is 1.92. The van der Waals surface area contributed by atoms with E-state index in [2.05, 4.69) is 4.98 Å². The second-order valence-corrected chi connectivity index (χ2v) is 4.40. The molecule has 1 aromatic heterocycles. The molecule has 1 aliphatic rings. The first-order chi connectivity index (χ1) is 10.2. The van der Waals surface area contributed by atoms with E-state index in [0.717, 1.165) is 6.20 Å². The molecule has 0 amide bonds. The summed E-state index contributed by atoms with van der Waals surface area (Å²) in [6.07, 6.45) is 0.979. The van der Waals surface area contributed by atoms with E-state index in [1.54, 1.807) is 12.1 Å². The third kappa shape index (κ3) is 2.41. The lowest BCUT2D eigenvalue weighted by atomic mass is 9.95. The van der Waals surface area contributed by atoms with Crippen molar-refractivity contribution < 1.29 is 18.7 Å². The lowest BCUT2D eigenvalue weighted by Gasteiger charge is -2.08. The molecule has 1 aromatic carbocycles. The molecule has 0 saturated heterocycles. The van der Waals surface area contributed by atoms with E-state index in [-0.39, 0.29) is 12.5 Å². The van der Waals surface area contributed by atoms with Crippen molar-refractivity contribution in [2.75, 3.05) is 6.79 Å². The molecule has 1 atom stereocenters. The number of nitrogens with zero attached hydrogens (tertiary/aromatic N) is 2. The molecule has 3 rings (SSSR count). The SMILES string of the molecule is N#CC(C(=O)c1ccc2c(c1)OCO2)c1ccc(F)cn1. The Kier molecular flexibility index (Phi) is 3.24. The van der Waals surface area contributed by atoms with E-state index < -0.39 is 17.5 Å². The van der Waals surface area contributed by atoms with Gasteiger partial charge >= 0.3 is 0 Å². The van der Waals surface area contributed by atoms with E-state index in [1.807, 2.05) is 6.07 Å². The fourth-order valence-corrected chi connectivity index (χ4v) is 2.03. The highest BCUT2D eigenvalue weighted by molar-refractivity contribution is 6.03. The number of carbonyl (C=O) groups is 1. The summed E-state index contributed by atoms with van der Waals surface area (Å²) in [5.41, 5.74) is 0.526. The predicted molar refractivity (Wildman–Crippen MR) is 69.4 cm³/mol. The molecular formula is C15H9FN2O3. The van der Waals surface area contributed by atoms with Gasteiger partial charge in [-0.2, -0.15) is 5.26 Å². The van der Waals surface area contributed by atoms with Gasteiger partial charge in [0, 0.05) is 5.56 Å². The molecule has 0 saturated carbocycles. The highest BCUT2D eigenvalue weighted by Crippen LogP contribution is 2.33. The summed E-state index contributed by atoms with van der Waals surface area (Å²) in [5.74, 6) is -1.02. The van der Waals surface area contributed by atoms with Crippen LogP contribution in [0.25, 0.3) is 0 Å². The fourth-order valence-electron chi connectivity index (χ4n) is 2.03. The number of hydrogen-bond acceptors (Lipinski definition) is 5. The molecule has 0 fully saturated rings. The molecule has 2 heterocycles. The number of nitriles is 1. The van der Waals surface area contributed by atoms with Crippen molar-refractivity contribution in [2.45, 2.75) is 5.92 Å². The van der Waals surface area contributed by atoms with Crippen LogP contribution < -0.4 is 9.47 Å². The molecule has 2 aromatic rings. The number of aromatic nitrogens is 1. The van der Waals surface area contributed by atoms with Crippen molar-refractivity contribution in [3.05, 3.63) is 53.6 Å². The van der Waals surface area contributed by atoms with Gasteiger partial charge < -0.3 is 9.47 Å². The van der Waals surface area contributed by atoms with Gasteiger partial charge in [0.25, 0.3) is 0 Å². The minimum Gasteiger partial charge on any atom is -0.454 e. The number of ether oxygens (including phenoxy) is 2. The third-order valence-corrected chi connectivity index (χ3v) is 3.09. The minimum atomic E-state index is -1.09. The van der Waals surface area contributed by atoms with Gasteiger partial charge in [0.2, 0.25) is 6.79 Å². The zero-order chi connectivity index (χ0) is 14.8. The molecule has 0 spiro atoms. The van der Waals surface area contributed by atoms with Gasteiger partial charge in [-0.05, 0) is 30.3 Å². The van der Waals surface area contributed by atoms with Crippen molar-refractivity contribution >= 4 is 5.78 Å². The Morgan fingerprint density at radius 1 is 1.29 bits per heavy atom. The van der Waals surface area contributed by atoms with Gasteiger partial charge in [-0.1, -0.05) is 0 Å². The first-order valence-electron chi connectivity index (χ1n) is 6.14. The van der Waals surface area contributed by atoms with Crippen LogP contribution in [0.15, 0.2) is 36.5 Å². The van der Waals surface area contributed by atoms with Crippen LogP contribution in [0, 0.1) is 17.1 Å². The number of Topliss-reactive ketones (excluding diaryl/α,β-unsaturated/α-hetero) is 1. The Bertz CT molecular complexity index is 738. The zero-order valence-electron chi connectivity index (χ0n) is 10.7. The molecule has 6 heteroatoms. The normalized spacial score (nSPS) is 13.5. The summed E-state index contributed by atoms with van der Waals surface area (Å²) in [5, 5.41) is 9.21. The van der Waals surface area contributed by atoms with Crippen LogP contribution in [0.4, 0.5) is 4.39 Å². The minimum absolute atomic E-state index is 0.105. The Labute approximate surface area is 119 Å². The number of ketones is 1. The van der Waals surface area contributed by atoms with E-state index in [4.69, 9.17) is 9.47 Å². The van der Waals surface area contributed by atoms with Gasteiger partial charge in [-0.25, -0.2) is 4.39 Å². The van der Waals surface area contributed by atoms with Crippen LogP contribution in [0.2, 0.25) is 0 Å². The van der Waals surface area contributed by atoms with Gasteiger partial charge in [-0.3, -0.25) is 9.78 Å². The van der Waals surface area contributed by atoms with Crippen LogP contribution in [0.1, 0.15) is 22.0 Å². The van der Waals surface area contributed by atoms with Crippen LogP contribution in [0.5, 0.6) is 11.5 Å². The molecule has 1 aliphatic heterocycles. The summed E-state index contributed by atoms with van der Waals surface area (Å²) < 4.78 is 23.2. The summed E-state index contributed by atoms with van der Waals surface area (Å²) >= 11 is 0. The largest absolute Gasteiger partial charge is 0.454 e. The van der Waals surface area contributed by atoms with E-state index >= 15 is 0 Å². The Hall–Kier alpha value is -2.94. The van der Waals surface area contributed by atoms with Crippen LogP contribution >= 0.6 is 0 Å². The van der Waals surface area contributed by atoms with E-state index in [9.17, 15) is 14.4 Å². The molecule has 1 unspecified atom stereocenters. The maximum Gasteiger partial charge on any atom is 0.231 e. The highest BCUT2D eigenvalue weighted by atomic mass is 19.1. The topological polar surface area (TPSA) is 72.2 Å². The maximum atomic E-state index is 12.9. The maximum absolute atomic E-state index is 12.9. The summed E-state index contributed by atoms with van der Waals surface area (Å²) in [6, 6.07) is 9.09. The number of hydrogen-bond donors (Lipinski definition) is 0. The average Bonchev–Trinajstić information content (AvgIpc) is 2.97. The predicted octanol–water partition coefficient (Wildman–Crippen LogP) is 2.44. The summed E-state index contributed by atoms with van der Waals surface area (Å²) in [7, 11) is 0. The highest BCUT2D eigenvalue weighted by Gasteiger charge is 2.25. The van der Waals surface area contributed by atoms with Crippen molar-refractivity contribution in [3.8, 4) is 17.6 Å².